The summed E-state index contributed by atoms with van der Waals surface area (Å²) >= 11 is 0. The van der Waals surface area contributed by atoms with Gasteiger partial charge in [0.05, 0.1) is 11.5 Å². The fourth-order valence-electron chi connectivity index (χ4n) is 1.77. The van der Waals surface area contributed by atoms with Crippen LogP contribution in [0.4, 0.5) is 0 Å². The Balaban J connectivity index is 2.50. The molecule has 106 valence electrons. The van der Waals surface area contributed by atoms with Gasteiger partial charge in [0.2, 0.25) is 0 Å². The summed E-state index contributed by atoms with van der Waals surface area (Å²) in [4.78, 5) is 0.222. The number of hydrogen-bond donors (Lipinski definition) is 0. The summed E-state index contributed by atoms with van der Waals surface area (Å²) in [6.45, 7) is 6.25. The molecule has 0 aliphatic carbocycles. The molecule has 0 radical (unpaired) electrons. The van der Waals surface area contributed by atoms with Gasteiger partial charge < -0.3 is 0 Å². The first-order valence-electron chi connectivity index (χ1n) is 6.59. The first kappa shape index (κ1) is 15.9. The van der Waals surface area contributed by atoms with Crippen LogP contribution in [-0.2, 0) is 14.3 Å². The molecule has 1 rings (SSSR count). The van der Waals surface area contributed by atoms with E-state index in [1.165, 1.54) is 5.57 Å². The highest BCUT2D eigenvalue weighted by molar-refractivity contribution is 7.86. The lowest BCUT2D eigenvalue weighted by molar-refractivity contribution is 0.312. The summed E-state index contributed by atoms with van der Waals surface area (Å²) in [5, 5.41) is 0. The van der Waals surface area contributed by atoms with Crippen LogP contribution < -0.4 is 0 Å². The Morgan fingerprint density at radius 2 is 1.89 bits per heavy atom. The first-order valence-corrected chi connectivity index (χ1v) is 8.00. The minimum Gasteiger partial charge on any atom is -0.266 e. The summed E-state index contributed by atoms with van der Waals surface area (Å²) in [5.74, 6) is 0. The Bertz CT molecular complexity index is 513. The van der Waals surface area contributed by atoms with Crippen molar-refractivity contribution < 1.29 is 12.6 Å². The molecule has 0 N–H and O–H groups in total. The van der Waals surface area contributed by atoms with Crippen LogP contribution in [0.5, 0.6) is 0 Å². The second-order valence-electron chi connectivity index (χ2n) is 4.49. The third kappa shape index (κ3) is 5.17. The van der Waals surface area contributed by atoms with Crippen molar-refractivity contribution in [3.05, 3.63) is 41.5 Å². The third-order valence-electron chi connectivity index (χ3n) is 3.05. The summed E-state index contributed by atoms with van der Waals surface area (Å²) in [6, 6.07) is 6.69. The smallest absolute Gasteiger partial charge is 0.266 e. The largest absolute Gasteiger partial charge is 0.296 e. The van der Waals surface area contributed by atoms with Gasteiger partial charge in [-0.2, -0.15) is 8.42 Å². The van der Waals surface area contributed by atoms with E-state index in [-0.39, 0.29) is 11.5 Å². The topological polar surface area (TPSA) is 43.4 Å². The lowest BCUT2D eigenvalue weighted by Crippen LogP contribution is -2.07. The van der Waals surface area contributed by atoms with E-state index in [0.717, 1.165) is 24.8 Å². The van der Waals surface area contributed by atoms with E-state index < -0.39 is 10.1 Å². The highest BCUT2D eigenvalue weighted by atomic mass is 32.2. The molecule has 19 heavy (non-hydrogen) atoms. The molecule has 0 atom stereocenters. The summed E-state index contributed by atoms with van der Waals surface area (Å²) in [6.07, 6.45) is 4.69. The monoisotopic (exact) mass is 282 g/mol. The van der Waals surface area contributed by atoms with Gasteiger partial charge in [-0.15, -0.1) is 0 Å². The van der Waals surface area contributed by atoms with Crippen LogP contribution in [0.1, 0.15) is 38.7 Å². The molecule has 0 saturated heterocycles. The molecule has 3 nitrogen and oxygen atoms in total. The SMILES string of the molecule is C/C=C(\CC)CCCOS(=O)(=O)c1ccc(C)cc1. The van der Waals surface area contributed by atoms with E-state index in [1.807, 2.05) is 13.8 Å². The Kier molecular flexibility index (Phi) is 6.25. The van der Waals surface area contributed by atoms with Gasteiger partial charge in [0.15, 0.2) is 0 Å². The first-order chi connectivity index (χ1) is 8.99. The van der Waals surface area contributed by atoms with Crippen molar-refractivity contribution in [1.29, 1.82) is 0 Å². The Hall–Kier alpha value is -1.13. The van der Waals surface area contributed by atoms with E-state index >= 15 is 0 Å². The Morgan fingerprint density at radius 3 is 2.42 bits per heavy atom. The Morgan fingerprint density at radius 1 is 1.26 bits per heavy atom. The number of aryl methyl sites for hydroxylation is 1. The van der Waals surface area contributed by atoms with Crippen molar-refractivity contribution in [1.82, 2.24) is 0 Å². The summed E-state index contributed by atoms with van der Waals surface area (Å²) in [5.41, 5.74) is 2.36. The molecular weight excluding hydrogens is 260 g/mol. The quantitative estimate of drug-likeness (QED) is 0.433. The molecule has 0 saturated carbocycles. The minimum atomic E-state index is -3.61. The van der Waals surface area contributed by atoms with Crippen LogP contribution in [0.25, 0.3) is 0 Å². The second kappa shape index (κ2) is 7.46. The number of benzene rings is 1. The maximum absolute atomic E-state index is 11.9. The van der Waals surface area contributed by atoms with E-state index in [9.17, 15) is 8.42 Å². The van der Waals surface area contributed by atoms with Crippen molar-refractivity contribution in [2.75, 3.05) is 6.61 Å². The summed E-state index contributed by atoms with van der Waals surface area (Å²) < 4.78 is 28.8. The molecule has 0 aliphatic heterocycles. The molecule has 0 fully saturated rings. The molecule has 0 amide bonds. The second-order valence-corrected chi connectivity index (χ2v) is 6.11. The van der Waals surface area contributed by atoms with E-state index in [0.29, 0.717) is 0 Å². The predicted octanol–water partition coefficient (Wildman–Crippen LogP) is 3.84. The van der Waals surface area contributed by atoms with Gasteiger partial charge in [-0.25, -0.2) is 0 Å². The van der Waals surface area contributed by atoms with Crippen LogP contribution >= 0.6 is 0 Å². The average Bonchev–Trinajstić information content (AvgIpc) is 2.39. The molecule has 0 aromatic heterocycles. The molecule has 0 unspecified atom stereocenters. The standard InChI is InChI=1S/C15H22O3S/c1-4-14(5-2)7-6-12-18-19(16,17)15-10-8-13(3)9-11-15/h4,8-11H,5-7,12H2,1-3H3/b14-4+. The van der Waals surface area contributed by atoms with Crippen LogP contribution in [-0.4, -0.2) is 15.0 Å². The maximum Gasteiger partial charge on any atom is 0.296 e. The van der Waals surface area contributed by atoms with Crippen molar-refractivity contribution in [2.45, 2.75) is 44.9 Å². The highest BCUT2D eigenvalue weighted by Gasteiger charge is 2.14. The van der Waals surface area contributed by atoms with Gasteiger partial charge in [0.25, 0.3) is 10.1 Å². The van der Waals surface area contributed by atoms with Gasteiger partial charge in [-0.1, -0.05) is 36.3 Å². The van der Waals surface area contributed by atoms with Crippen molar-refractivity contribution in [3.8, 4) is 0 Å². The summed E-state index contributed by atoms with van der Waals surface area (Å²) in [7, 11) is -3.61. The number of hydrogen-bond acceptors (Lipinski definition) is 3. The predicted molar refractivity (Wildman–Crippen MR) is 77.6 cm³/mol. The van der Waals surface area contributed by atoms with E-state index in [4.69, 9.17) is 4.18 Å². The fraction of sp³-hybridized carbons (Fsp3) is 0.467. The molecule has 0 aliphatic rings. The van der Waals surface area contributed by atoms with Gasteiger partial charge >= 0.3 is 0 Å². The highest BCUT2D eigenvalue weighted by Crippen LogP contribution is 2.15. The number of rotatable bonds is 7. The molecule has 0 bridgehead atoms. The zero-order valence-electron chi connectivity index (χ0n) is 11.8. The maximum atomic E-state index is 11.9. The normalized spacial score (nSPS) is 12.7. The van der Waals surface area contributed by atoms with Crippen LogP contribution in [0.3, 0.4) is 0 Å². The van der Waals surface area contributed by atoms with E-state index in [1.54, 1.807) is 24.3 Å². The van der Waals surface area contributed by atoms with Crippen LogP contribution in [0.2, 0.25) is 0 Å². The van der Waals surface area contributed by atoms with Crippen molar-refractivity contribution in [2.24, 2.45) is 0 Å². The molecule has 0 heterocycles. The van der Waals surface area contributed by atoms with Crippen LogP contribution in [0.15, 0.2) is 40.8 Å². The van der Waals surface area contributed by atoms with Gasteiger partial charge in [0.1, 0.15) is 0 Å². The number of allylic oxidation sites excluding steroid dienone is 2. The van der Waals surface area contributed by atoms with Gasteiger partial charge in [0, 0.05) is 0 Å². The fourth-order valence-corrected chi connectivity index (χ4v) is 2.71. The Labute approximate surface area is 116 Å². The van der Waals surface area contributed by atoms with Crippen molar-refractivity contribution >= 4 is 10.1 Å². The molecule has 0 spiro atoms. The lowest BCUT2D eigenvalue weighted by atomic mass is 10.1. The molecule has 1 aromatic rings. The van der Waals surface area contributed by atoms with Gasteiger partial charge in [-0.05, 0) is 45.2 Å². The molecular formula is C15H22O3S. The minimum absolute atomic E-state index is 0.222. The third-order valence-corrected chi connectivity index (χ3v) is 4.38. The average molecular weight is 282 g/mol. The molecule has 4 heteroatoms. The zero-order valence-corrected chi connectivity index (χ0v) is 12.7. The lowest BCUT2D eigenvalue weighted by Gasteiger charge is -2.07. The van der Waals surface area contributed by atoms with Gasteiger partial charge in [-0.3, -0.25) is 4.18 Å². The van der Waals surface area contributed by atoms with E-state index in [2.05, 4.69) is 13.0 Å². The van der Waals surface area contributed by atoms with Crippen LogP contribution in [0, 0.1) is 6.92 Å². The zero-order chi connectivity index (χ0) is 14.3. The van der Waals surface area contributed by atoms with Crippen molar-refractivity contribution in [3.63, 3.8) is 0 Å². The molecule has 1 aromatic carbocycles.